The normalized spacial score (nSPS) is 9.12. The molecule has 0 saturated carbocycles. The molecular weight excluding hydrogens is 216 g/mol. The predicted molar refractivity (Wildman–Crippen MR) is 52.4 cm³/mol. The van der Waals surface area contributed by atoms with Crippen LogP contribution in [0.2, 0.25) is 0 Å². The van der Waals surface area contributed by atoms with Crippen molar-refractivity contribution < 1.29 is 28.7 Å². The SMILES string of the molecule is C=C(C(=O)C(=O)OCC)C(=O)C(=O)OCC. The molecule has 16 heavy (non-hydrogen) atoms. The highest BCUT2D eigenvalue weighted by atomic mass is 16.5. The summed E-state index contributed by atoms with van der Waals surface area (Å²) in [4.78, 5) is 44.2. The second-order valence-electron chi connectivity index (χ2n) is 2.58. The molecule has 0 rings (SSSR count). The summed E-state index contributed by atoms with van der Waals surface area (Å²) >= 11 is 0. The van der Waals surface area contributed by atoms with Crippen molar-refractivity contribution in [3.8, 4) is 0 Å². The Balaban J connectivity index is 4.56. The van der Waals surface area contributed by atoms with Gasteiger partial charge in [-0.1, -0.05) is 6.58 Å². The summed E-state index contributed by atoms with van der Waals surface area (Å²) in [7, 11) is 0. The van der Waals surface area contributed by atoms with E-state index in [9.17, 15) is 19.2 Å². The first-order valence-electron chi connectivity index (χ1n) is 4.57. The zero-order valence-corrected chi connectivity index (χ0v) is 9.07. The first kappa shape index (κ1) is 14.0. The Morgan fingerprint density at radius 1 is 0.875 bits per heavy atom. The summed E-state index contributed by atoms with van der Waals surface area (Å²) in [5.74, 6) is -4.91. The van der Waals surface area contributed by atoms with Crippen LogP contribution in [0.15, 0.2) is 12.2 Å². The van der Waals surface area contributed by atoms with Gasteiger partial charge in [-0.2, -0.15) is 0 Å². The van der Waals surface area contributed by atoms with Crippen LogP contribution in [-0.4, -0.2) is 36.7 Å². The zero-order chi connectivity index (χ0) is 12.7. The van der Waals surface area contributed by atoms with Crippen LogP contribution in [0.1, 0.15) is 13.8 Å². The number of hydrogen-bond donors (Lipinski definition) is 0. The fraction of sp³-hybridized carbons (Fsp3) is 0.400. The minimum atomic E-state index is -1.24. The van der Waals surface area contributed by atoms with Gasteiger partial charge in [-0.25, -0.2) is 9.59 Å². The molecule has 88 valence electrons. The molecule has 0 aromatic rings. The summed E-state index contributed by atoms with van der Waals surface area (Å²) in [6.07, 6.45) is 0. The first-order valence-corrected chi connectivity index (χ1v) is 4.57. The number of hydrogen-bond acceptors (Lipinski definition) is 6. The second-order valence-corrected chi connectivity index (χ2v) is 2.58. The average molecular weight is 228 g/mol. The lowest BCUT2D eigenvalue weighted by atomic mass is 10.1. The van der Waals surface area contributed by atoms with Gasteiger partial charge in [0.05, 0.1) is 18.8 Å². The lowest BCUT2D eigenvalue weighted by molar-refractivity contribution is -0.155. The Morgan fingerprint density at radius 2 is 1.19 bits per heavy atom. The molecule has 0 fully saturated rings. The molecule has 0 bridgehead atoms. The average Bonchev–Trinajstić information content (AvgIpc) is 2.26. The summed E-state index contributed by atoms with van der Waals surface area (Å²) in [6.45, 7) is 6.05. The fourth-order valence-corrected chi connectivity index (χ4v) is 0.743. The number of ether oxygens (including phenoxy) is 2. The molecule has 0 aromatic heterocycles. The molecule has 0 aliphatic carbocycles. The topological polar surface area (TPSA) is 86.7 Å². The molecule has 0 atom stereocenters. The van der Waals surface area contributed by atoms with E-state index in [0.717, 1.165) is 0 Å². The van der Waals surface area contributed by atoms with Crippen molar-refractivity contribution >= 4 is 23.5 Å². The van der Waals surface area contributed by atoms with Crippen molar-refractivity contribution in [2.45, 2.75) is 13.8 Å². The number of esters is 2. The minimum Gasteiger partial charge on any atom is -0.460 e. The first-order chi connectivity index (χ1) is 7.45. The van der Waals surface area contributed by atoms with Gasteiger partial charge in [-0.15, -0.1) is 0 Å². The largest absolute Gasteiger partial charge is 0.460 e. The molecule has 6 heteroatoms. The smallest absolute Gasteiger partial charge is 0.379 e. The Hall–Kier alpha value is -1.98. The van der Waals surface area contributed by atoms with Crippen LogP contribution >= 0.6 is 0 Å². The van der Waals surface area contributed by atoms with Crippen molar-refractivity contribution in [3.05, 3.63) is 12.2 Å². The number of Topliss-reactive ketones (excluding diaryl/α,β-unsaturated/α-hetero) is 2. The van der Waals surface area contributed by atoms with Gasteiger partial charge in [-0.3, -0.25) is 9.59 Å². The van der Waals surface area contributed by atoms with Gasteiger partial charge in [-0.05, 0) is 13.8 Å². The molecule has 0 aromatic carbocycles. The second kappa shape index (κ2) is 6.49. The van der Waals surface area contributed by atoms with Crippen LogP contribution in [0, 0.1) is 0 Å². The monoisotopic (exact) mass is 228 g/mol. The minimum absolute atomic E-state index is 0.00848. The summed E-state index contributed by atoms with van der Waals surface area (Å²) in [5, 5.41) is 0. The Morgan fingerprint density at radius 3 is 1.44 bits per heavy atom. The van der Waals surface area contributed by atoms with Crippen LogP contribution < -0.4 is 0 Å². The van der Waals surface area contributed by atoms with Gasteiger partial charge in [0.25, 0.3) is 11.6 Å². The molecule has 6 nitrogen and oxygen atoms in total. The van der Waals surface area contributed by atoms with E-state index >= 15 is 0 Å². The van der Waals surface area contributed by atoms with Crippen molar-refractivity contribution in [2.24, 2.45) is 0 Å². The molecule has 0 radical (unpaired) electrons. The van der Waals surface area contributed by atoms with Crippen molar-refractivity contribution in [1.29, 1.82) is 0 Å². The third-order valence-corrected chi connectivity index (χ3v) is 1.47. The Kier molecular flexibility index (Phi) is 5.69. The van der Waals surface area contributed by atoms with E-state index in [1.165, 1.54) is 13.8 Å². The molecular formula is C10H12O6. The third kappa shape index (κ3) is 3.64. The van der Waals surface area contributed by atoms with Crippen LogP contribution in [0.4, 0.5) is 0 Å². The summed E-state index contributed by atoms with van der Waals surface area (Å²) in [6, 6.07) is 0. The van der Waals surface area contributed by atoms with Gasteiger partial charge in [0.2, 0.25) is 0 Å². The number of ketones is 2. The Bertz CT molecular complexity index is 309. The third-order valence-electron chi connectivity index (χ3n) is 1.47. The highest BCUT2D eigenvalue weighted by Crippen LogP contribution is 1.99. The van der Waals surface area contributed by atoms with E-state index in [1.807, 2.05) is 0 Å². The summed E-state index contributed by atoms with van der Waals surface area (Å²) < 4.78 is 8.72. The van der Waals surface area contributed by atoms with Crippen LogP contribution in [0.5, 0.6) is 0 Å². The van der Waals surface area contributed by atoms with Crippen molar-refractivity contribution in [1.82, 2.24) is 0 Å². The van der Waals surface area contributed by atoms with Crippen LogP contribution in [-0.2, 0) is 28.7 Å². The fourth-order valence-electron chi connectivity index (χ4n) is 0.743. The van der Waals surface area contributed by atoms with Crippen LogP contribution in [0.25, 0.3) is 0 Å². The number of carbonyl (C=O) groups is 4. The van der Waals surface area contributed by atoms with Gasteiger partial charge in [0.1, 0.15) is 0 Å². The quantitative estimate of drug-likeness (QED) is 0.206. The molecule has 0 unspecified atom stereocenters. The van der Waals surface area contributed by atoms with Gasteiger partial charge in [0.15, 0.2) is 0 Å². The van der Waals surface area contributed by atoms with E-state index in [1.54, 1.807) is 0 Å². The lowest BCUT2D eigenvalue weighted by Gasteiger charge is -2.03. The van der Waals surface area contributed by atoms with E-state index in [-0.39, 0.29) is 13.2 Å². The molecule has 0 N–H and O–H groups in total. The number of rotatable bonds is 6. The van der Waals surface area contributed by atoms with E-state index in [2.05, 4.69) is 16.1 Å². The zero-order valence-electron chi connectivity index (χ0n) is 9.07. The maximum atomic E-state index is 11.2. The maximum absolute atomic E-state index is 11.2. The molecule has 0 saturated heterocycles. The molecule has 0 aliphatic rings. The Labute approximate surface area is 92.2 Å². The standard InChI is InChI=1S/C10H12O6/c1-4-15-9(13)7(11)6(3)8(12)10(14)16-5-2/h3-5H2,1-2H3. The van der Waals surface area contributed by atoms with E-state index in [4.69, 9.17) is 0 Å². The van der Waals surface area contributed by atoms with E-state index in [0.29, 0.717) is 0 Å². The predicted octanol–water partition coefficient (Wildman–Crippen LogP) is -0.193. The van der Waals surface area contributed by atoms with E-state index < -0.39 is 29.1 Å². The van der Waals surface area contributed by atoms with Gasteiger partial charge >= 0.3 is 11.9 Å². The van der Waals surface area contributed by atoms with Gasteiger partial charge < -0.3 is 9.47 Å². The number of carbonyl (C=O) groups excluding carboxylic acids is 4. The highest BCUT2D eigenvalue weighted by Gasteiger charge is 2.29. The lowest BCUT2D eigenvalue weighted by Crippen LogP contribution is -2.28. The summed E-state index contributed by atoms with van der Waals surface area (Å²) in [5.41, 5.74) is -0.753. The molecule has 0 aliphatic heterocycles. The van der Waals surface area contributed by atoms with Crippen molar-refractivity contribution in [3.63, 3.8) is 0 Å². The van der Waals surface area contributed by atoms with Crippen LogP contribution in [0.3, 0.4) is 0 Å². The van der Waals surface area contributed by atoms with Gasteiger partial charge in [0, 0.05) is 0 Å². The highest BCUT2D eigenvalue weighted by molar-refractivity contribution is 6.56. The molecule has 0 spiro atoms. The molecule has 0 amide bonds. The maximum Gasteiger partial charge on any atom is 0.379 e. The molecule has 0 heterocycles. The van der Waals surface area contributed by atoms with Crippen molar-refractivity contribution in [2.75, 3.05) is 13.2 Å².